The molecule has 1 aliphatic carbocycles. The van der Waals surface area contributed by atoms with Gasteiger partial charge in [-0.05, 0) is 30.9 Å². The minimum absolute atomic E-state index is 0.121. The number of Topliss-reactive ketones (excluding diaryl/α,β-unsaturated/α-hetero) is 1. The highest BCUT2D eigenvalue weighted by atomic mass is 16.3. The van der Waals surface area contributed by atoms with E-state index in [0.29, 0.717) is 5.78 Å². The first kappa shape index (κ1) is 8.54. The van der Waals surface area contributed by atoms with Gasteiger partial charge in [0, 0.05) is 11.8 Å². The van der Waals surface area contributed by atoms with Crippen molar-refractivity contribution in [1.82, 2.24) is 0 Å². The molecule has 0 radical (unpaired) electrons. The monoisotopic (exact) mass is 178 g/mol. The van der Waals surface area contributed by atoms with Crippen molar-refractivity contribution in [2.45, 2.75) is 32.6 Å². The van der Waals surface area contributed by atoms with Crippen LogP contribution in [0, 0.1) is 5.41 Å². The van der Waals surface area contributed by atoms with Gasteiger partial charge in [-0.3, -0.25) is 4.79 Å². The molecule has 2 nitrogen and oxygen atoms in total. The topological polar surface area (TPSA) is 30.2 Å². The summed E-state index contributed by atoms with van der Waals surface area (Å²) < 4.78 is 4.99. The quantitative estimate of drug-likeness (QED) is 0.696. The molecule has 0 spiro atoms. The summed E-state index contributed by atoms with van der Waals surface area (Å²) in [7, 11) is 0. The van der Waals surface area contributed by atoms with Crippen molar-refractivity contribution in [3.63, 3.8) is 0 Å². The van der Waals surface area contributed by atoms with Gasteiger partial charge < -0.3 is 4.42 Å². The largest absolute Gasteiger partial charge is 0.472 e. The molecule has 1 aliphatic rings. The van der Waals surface area contributed by atoms with Crippen molar-refractivity contribution < 1.29 is 9.21 Å². The maximum atomic E-state index is 11.6. The Morgan fingerprint density at radius 3 is 3.00 bits per heavy atom. The molecule has 1 aromatic heterocycles. The Morgan fingerprint density at radius 2 is 2.46 bits per heavy atom. The lowest BCUT2D eigenvalue weighted by Gasteiger charge is -2.20. The summed E-state index contributed by atoms with van der Waals surface area (Å²) >= 11 is 0. The van der Waals surface area contributed by atoms with Crippen LogP contribution in [0.15, 0.2) is 23.0 Å². The van der Waals surface area contributed by atoms with Gasteiger partial charge in [-0.2, -0.15) is 0 Å². The summed E-state index contributed by atoms with van der Waals surface area (Å²) in [5.74, 6) is 0.411. The molecular weight excluding hydrogens is 164 g/mol. The van der Waals surface area contributed by atoms with Crippen LogP contribution in [-0.4, -0.2) is 5.78 Å². The SMILES string of the molecule is CC1(Cc2ccoc2)CCCC1=O. The zero-order chi connectivity index (χ0) is 9.31. The highest BCUT2D eigenvalue weighted by Gasteiger charge is 2.37. The number of hydrogen-bond acceptors (Lipinski definition) is 2. The van der Waals surface area contributed by atoms with Gasteiger partial charge in [-0.1, -0.05) is 6.92 Å². The van der Waals surface area contributed by atoms with Crippen LogP contribution in [0.25, 0.3) is 0 Å². The lowest BCUT2D eigenvalue weighted by Crippen LogP contribution is -2.23. The third-order valence-corrected chi connectivity index (χ3v) is 2.98. The Morgan fingerprint density at radius 1 is 1.62 bits per heavy atom. The summed E-state index contributed by atoms with van der Waals surface area (Å²) in [4.78, 5) is 11.6. The summed E-state index contributed by atoms with van der Waals surface area (Å²) in [5.41, 5.74) is 1.02. The molecule has 0 amide bonds. The van der Waals surface area contributed by atoms with Gasteiger partial charge in [0.15, 0.2) is 0 Å². The van der Waals surface area contributed by atoms with E-state index >= 15 is 0 Å². The molecule has 1 saturated carbocycles. The van der Waals surface area contributed by atoms with Crippen molar-refractivity contribution in [2.24, 2.45) is 5.41 Å². The molecule has 0 aliphatic heterocycles. The molecular formula is C11H14O2. The highest BCUT2D eigenvalue weighted by Crippen LogP contribution is 2.37. The fourth-order valence-corrected chi connectivity index (χ4v) is 2.11. The molecule has 70 valence electrons. The van der Waals surface area contributed by atoms with Crippen molar-refractivity contribution in [2.75, 3.05) is 0 Å². The van der Waals surface area contributed by atoms with Crippen LogP contribution < -0.4 is 0 Å². The molecule has 0 bridgehead atoms. The van der Waals surface area contributed by atoms with Gasteiger partial charge in [0.2, 0.25) is 0 Å². The molecule has 0 saturated heterocycles. The smallest absolute Gasteiger partial charge is 0.139 e. The first-order valence-electron chi connectivity index (χ1n) is 4.75. The average Bonchev–Trinajstić information content (AvgIpc) is 2.65. The number of hydrogen-bond donors (Lipinski definition) is 0. The predicted octanol–water partition coefficient (Wildman–Crippen LogP) is 2.58. The van der Waals surface area contributed by atoms with E-state index in [1.807, 2.05) is 6.07 Å². The summed E-state index contributed by atoms with van der Waals surface area (Å²) in [6.45, 7) is 2.06. The van der Waals surface area contributed by atoms with Gasteiger partial charge in [-0.15, -0.1) is 0 Å². The van der Waals surface area contributed by atoms with Gasteiger partial charge in [0.05, 0.1) is 12.5 Å². The normalized spacial score (nSPS) is 28.2. The Bertz CT molecular complexity index is 300. The molecule has 1 unspecified atom stereocenters. The number of carbonyl (C=O) groups is 1. The Labute approximate surface area is 77.9 Å². The number of furan rings is 1. The standard InChI is InChI=1S/C11H14O2/c1-11(5-2-3-10(11)12)7-9-4-6-13-8-9/h4,6,8H,2-3,5,7H2,1H3. The maximum absolute atomic E-state index is 11.6. The number of ketones is 1. The average molecular weight is 178 g/mol. The van der Waals surface area contributed by atoms with Crippen LogP contribution in [0.3, 0.4) is 0 Å². The summed E-state index contributed by atoms with van der Waals surface area (Å²) in [5, 5.41) is 0. The maximum Gasteiger partial charge on any atom is 0.139 e. The highest BCUT2D eigenvalue weighted by molar-refractivity contribution is 5.86. The fourth-order valence-electron chi connectivity index (χ4n) is 2.11. The van der Waals surface area contributed by atoms with E-state index in [1.54, 1.807) is 12.5 Å². The van der Waals surface area contributed by atoms with Gasteiger partial charge in [0.1, 0.15) is 5.78 Å². The Hall–Kier alpha value is -1.05. The zero-order valence-electron chi connectivity index (χ0n) is 7.88. The molecule has 2 heteroatoms. The Kier molecular flexibility index (Phi) is 1.98. The second-order valence-corrected chi connectivity index (χ2v) is 4.15. The first-order chi connectivity index (χ1) is 6.21. The van der Waals surface area contributed by atoms with Crippen molar-refractivity contribution in [3.05, 3.63) is 24.2 Å². The third kappa shape index (κ3) is 1.53. The van der Waals surface area contributed by atoms with E-state index in [2.05, 4.69) is 6.92 Å². The van der Waals surface area contributed by atoms with E-state index in [1.165, 1.54) is 0 Å². The summed E-state index contributed by atoms with van der Waals surface area (Å²) in [6, 6.07) is 1.94. The van der Waals surface area contributed by atoms with Crippen LogP contribution in [0.2, 0.25) is 0 Å². The van der Waals surface area contributed by atoms with Crippen LogP contribution >= 0.6 is 0 Å². The fraction of sp³-hybridized carbons (Fsp3) is 0.545. The van der Waals surface area contributed by atoms with E-state index in [-0.39, 0.29) is 5.41 Å². The van der Waals surface area contributed by atoms with E-state index in [4.69, 9.17) is 4.42 Å². The molecule has 13 heavy (non-hydrogen) atoms. The van der Waals surface area contributed by atoms with Crippen LogP contribution in [0.5, 0.6) is 0 Å². The molecule has 1 fully saturated rings. The van der Waals surface area contributed by atoms with E-state index in [9.17, 15) is 4.79 Å². The van der Waals surface area contributed by atoms with Crippen LogP contribution in [-0.2, 0) is 11.2 Å². The number of carbonyl (C=O) groups excluding carboxylic acids is 1. The Balaban J connectivity index is 2.13. The van der Waals surface area contributed by atoms with Crippen LogP contribution in [0.1, 0.15) is 31.7 Å². The molecule has 0 aromatic carbocycles. The third-order valence-electron chi connectivity index (χ3n) is 2.98. The van der Waals surface area contributed by atoms with Gasteiger partial charge in [0.25, 0.3) is 0 Å². The number of rotatable bonds is 2. The molecule has 1 heterocycles. The molecule has 2 rings (SSSR count). The molecule has 0 N–H and O–H groups in total. The zero-order valence-corrected chi connectivity index (χ0v) is 7.88. The molecule has 1 aromatic rings. The van der Waals surface area contributed by atoms with Crippen molar-refractivity contribution in [3.8, 4) is 0 Å². The minimum atomic E-state index is -0.121. The second kappa shape index (κ2) is 3.02. The van der Waals surface area contributed by atoms with Crippen LogP contribution in [0.4, 0.5) is 0 Å². The van der Waals surface area contributed by atoms with Crippen molar-refractivity contribution >= 4 is 5.78 Å². The van der Waals surface area contributed by atoms with E-state index in [0.717, 1.165) is 31.2 Å². The van der Waals surface area contributed by atoms with Gasteiger partial charge in [-0.25, -0.2) is 0 Å². The lowest BCUT2D eigenvalue weighted by molar-refractivity contribution is -0.124. The summed E-state index contributed by atoms with van der Waals surface area (Å²) in [6.07, 6.45) is 7.07. The second-order valence-electron chi connectivity index (χ2n) is 4.15. The predicted molar refractivity (Wildman–Crippen MR) is 49.4 cm³/mol. The van der Waals surface area contributed by atoms with Gasteiger partial charge >= 0.3 is 0 Å². The van der Waals surface area contributed by atoms with Crippen molar-refractivity contribution in [1.29, 1.82) is 0 Å². The van der Waals surface area contributed by atoms with E-state index < -0.39 is 0 Å². The lowest BCUT2D eigenvalue weighted by atomic mass is 9.82. The first-order valence-corrected chi connectivity index (χ1v) is 4.75. The molecule has 1 atom stereocenters. The minimum Gasteiger partial charge on any atom is -0.472 e.